The zero-order valence-corrected chi connectivity index (χ0v) is 17.0. The summed E-state index contributed by atoms with van der Waals surface area (Å²) in [5.41, 5.74) is 3.21. The molecule has 0 atom stereocenters. The average molecular weight is 416 g/mol. The molecular formula is C24H21FN4O2. The minimum atomic E-state index is -0.544. The molecule has 7 heteroatoms. The molecule has 2 amide bonds. The maximum Gasteiger partial charge on any atom is 0.244 e. The number of nitrogens with zero attached hydrogens (tertiary/aromatic N) is 3. The van der Waals surface area contributed by atoms with Crippen LogP contribution >= 0.6 is 0 Å². The maximum atomic E-state index is 13.9. The Morgan fingerprint density at radius 2 is 1.87 bits per heavy atom. The Hall–Kier alpha value is -3.87. The number of hydrogen-bond donors (Lipinski definition) is 1. The summed E-state index contributed by atoms with van der Waals surface area (Å²) in [7, 11) is 0. The fraction of sp³-hybridized carbons (Fsp3) is 0.167. The first-order valence-corrected chi connectivity index (χ1v) is 10.0. The largest absolute Gasteiger partial charge is 0.322 e. The fourth-order valence-corrected chi connectivity index (χ4v) is 3.38. The number of anilines is 2. The topological polar surface area (TPSA) is 74.7 Å². The van der Waals surface area contributed by atoms with E-state index in [1.54, 1.807) is 24.4 Å². The van der Waals surface area contributed by atoms with Crippen LogP contribution in [0.4, 0.5) is 21.6 Å². The summed E-state index contributed by atoms with van der Waals surface area (Å²) < 4.78 is 13.9. The third kappa shape index (κ3) is 4.50. The number of carbonyl (C=O) groups excluding carboxylic acids is 2. The lowest BCUT2D eigenvalue weighted by atomic mass is 10.0. The minimum Gasteiger partial charge on any atom is -0.322 e. The SMILES string of the molecule is CCc1ccc(C2=Nc3cccnc3N(CC(=O)Nc3ccccc3F)C(=O)C2)cc1. The van der Waals surface area contributed by atoms with Crippen LogP contribution in [0.25, 0.3) is 0 Å². The summed E-state index contributed by atoms with van der Waals surface area (Å²) in [4.78, 5) is 35.9. The van der Waals surface area contributed by atoms with Gasteiger partial charge in [-0.2, -0.15) is 0 Å². The molecule has 1 N–H and O–H groups in total. The number of aryl methyl sites for hydroxylation is 1. The Morgan fingerprint density at radius 3 is 2.61 bits per heavy atom. The second-order valence-electron chi connectivity index (χ2n) is 7.14. The number of aliphatic imine (C=N–C) groups is 1. The Balaban J connectivity index is 1.61. The van der Waals surface area contributed by atoms with Crippen molar-refractivity contribution < 1.29 is 14.0 Å². The van der Waals surface area contributed by atoms with Crippen molar-refractivity contribution in [1.29, 1.82) is 0 Å². The second kappa shape index (κ2) is 8.87. The van der Waals surface area contributed by atoms with E-state index in [4.69, 9.17) is 0 Å². The monoisotopic (exact) mass is 416 g/mol. The lowest BCUT2D eigenvalue weighted by Crippen LogP contribution is -2.39. The number of aromatic nitrogens is 1. The van der Waals surface area contributed by atoms with Crippen molar-refractivity contribution in [2.75, 3.05) is 16.8 Å². The first-order valence-electron chi connectivity index (χ1n) is 10.0. The van der Waals surface area contributed by atoms with E-state index in [0.717, 1.165) is 12.0 Å². The zero-order chi connectivity index (χ0) is 21.8. The number of carbonyl (C=O) groups is 2. The van der Waals surface area contributed by atoms with Crippen LogP contribution in [0.2, 0.25) is 0 Å². The highest BCUT2D eigenvalue weighted by Crippen LogP contribution is 2.31. The predicted molar refractivity (Wildman–Crippen MR) is 118 cm³/mol. The lowest BCUT2D eigenvalue weighted by molar-refractivity contribution is -0.120. The van der Waals surface area contributed by atoms with Gasteiger partial charge in [0.05, 0.1) is 17.8 Å². The number of benzene rings is 2. The predicted octanol–water partition coefficient (Wildman–Crippen LogP) is 4.28. The average Bonchev–Trinajstić information content (AvgIpc) is 2.92. The van der Waals surface area contributed by atoms with Crippen LogP contribution in [0.3, 0.4) is 0 Å². The Labute approximate surface area is 179 Å². The second-order valence-corrected chi connectivity index (χ2v) is 7.14. The van der Waals surface area contributed by atoms with Crippen molar-refractivity contribution in [1.82, 2.24) is 4.98 Å². The number of hydrogen-bond acceptors (Lipinski definition) is 4. The Bertz CT molecular complexity index is 1160. The summed E-state index contributed by atoms with van der Waals surface area (Å²) in [6.45, 7) is 1.78. The molecule has 0 bridgehead atoms. The third-order valence-electron chi connectivity index (χ3n) is 5.04. The molecule has 0 aliphatic carbocycles. The van der Waals surface area contributed by atoms with E-state index in [1.165, 1.54) is 28.7 Å². The number of pyridine rings is 1. The summed E-state index contributed by atoms with van der Waals surface area (Å²) in [5.74, 6) is -1.07. The van der Waals surface area contributed by atoms with Crippen LogP contribution in [0.15, 0.2) is 71.9 Å². The Kier molecular flexibility index (Phi) is 5.84. The lowest BCUT2D eigenvalue weighted by Gasteiger charge is -2.20. The van der Waals surface area contributed by atoms with E-state index in [9.17, 15) is 14.0 Å². The highest BCUT2D eigenvalue weighted by atomic mass is 19.1. The van der Waals surface area contributed by atoms with Gasteiger partial charge in [0.15, 0.2) is 5.82 Å². The van der Waals surface area contributed by atoms with Crippen molar-refractivity contribution >= 4 is 34.7 Å². The van der Waals surface area contributed by atoms with Gasteiger partial charge in [-0.3, -0.25) is 14.5 Å². The van der Waals surface area contributed by atoms with Gasteiger partial charge in [0, 0.05) is 6.20 Å². The first-order chi connectivity index (χ1) is 15.0. The molecule has 156 valence electrons. The number of rotatable bonds is 5. The van der Waals surface area contributed by atoms with Crippen LogP contribution in [0, 0.1) is 5.82 Å². The van der Waals surface area contributed by atoms with Gasteiger partial charge in [-0.25, -0.2) is 14.4 Å². The number of halogens is 1. The molecule has 1 aliphatic heterocycles. The molecule has 0 spiro atoms. The van der Waals surface area contributed by atoms with Crippen molar-refractivity contribution in [3.05, 3.63) is 83.8 Å². The molecule has 0 radical (unpaired) electrons. The van der Waals surface area contributed by atoms with E-state index in [0.29, 0.717) is 17.2 Å². The number of fused-ring (bicyclic) bond motifs is 1. The highest BCUT2D eigenvalue weighted by molar-refractivity contribution is 6.18. The molecule has 0 saturated carbocycles. The van der Waals surface area contributed by atoms with Crippen molar-refractivity contribution in [3.8, 4) is 0 Å². The quantitative estimate of drug-likeness (QED) is 0.675. The molecule has 2 aromatic carbocycles. The maximum absolute atomic E-state index is 13.9. The molecule has 2 heterocycles. The summed E-state index contributed by atoms with van der Waals surface area (Å²) in [6.07, 6.45) is 2.49. The van der Waals surface area contributed by atoms with Crippen LogP contribution in [-0.4, -0.2) is 29.1 Å². The number of amides is 2. The number of para-hydroxylation sites is 1. The van der Waals surface area contributed by atoms with Crippen LogP contribution in [0.5, 0.6) is 0 Å². The van der Waals surface area contributed by atoms with Gasteiger partial charge in [-0.05, 0) is 41.8 Å². The number of nitrogens with one attached hydrogen (secondary N) is 1. The standard InChI is InChI=1S/C24H21FN4O2/c1-2-16-9-11-17(12-10-16)21-14-23(31)29(24-20(27-21)8-5-13-26-24)15-22(30)28-19-7-4-3-6-18(19)25/h3-13H,2,14-15H2,1H3,(H,28,30). The van der Waals surface area contributed by atoms with Crippen LogP contribution in [0.1, 0.15) is 24.5 Å². The van der Waals surface area contributed by atoms with Gasteiger partial charge in [0.2, 0.25) is 11.8 Å². The zero-order valence-electron chi connectivity index (χ0n) is 17.0. The minimum absolute atomic E-state index is 0.0226. The van der Waals surface area contributed by atoms with E-state index in [-0.39, 0.29) is 24.6 Å². The van der Waals surface area contributed by atoms with Crippen LogP contribution < -0.4 is 10.2 Å². The molecule has 1 aliphatic rings. The van der Waals surface area contributed by atoms with Crippen molar-refractivity contribution in [2.45, 2.75) is 19.8 Å². The first kappa shape index (κ1) is 20.4. The van der Waals surface area contributed by atoms with Gasteiger partial charge >= 0.3 is 0 Å². The molecule has 6 nitrogen and oxygen atoms in total. The fourth-order valence-electron chi connectivity index (χ4n) is 3.38. The Morgan fingerprint density at radius 1 is 1.10 bits per heavy atom. The molecule has 4 rings (SSSR count). The van der Waals surface area contributed by atoms with Crippen LogP contribution in [-0.2, 0) is 16.0 Å². The summed E-state index contributed by atoms with van der Waals surface area (Å²) >= 11 is 0. The summed E-state index contributed by atoms with van der Waals surface area (Å²) in [6, 6.07) is 17.3. The molecule has 0 saturated heterocycles. The molecule has 0 unspecified atom stereocenters. The van der Waals surface area contributed by atoms with Gasteiger partial charge in [-0.1, -0.05) is 43.3 Å². The van der Waals surface area contributed by atoms with E-state index in [2.05, 4.69) is 22.2 Å². The van der Waals surface area contributed by atoms with Gasteiger partial charge in [0.25, 0.3) is 0 Å². The van der Waals surface area contributed by atoms with Gasteiger partial charge in [-0.15, -0.1) is 0 Å². The van der Waals surface area contributed by atoms with Gasteiger partial charge < -0.3 is 5.32 Å². The van der Waals surface area contributed by atoms with E-state index in [1.807, 2.05) is 24.3 Å². The molecule has 31 heavy (non-hydrogen) atoms. The van der Waals surface area contributed by atoms with Crippen molar-refractivity contribution in [2.24, 2.45) is 4.99 Å². The molecular weight excluding hydrogens is 395 g/mol. The summed E-state index contributed by atoms with van der Waals surface area (Å²) in [5, 5.41) is 2.51. The molecule has 0 fully saturated rings. The molecule has 3 aromatic rings. The van der Waals surface area contributed by atoms with Gasteiger partial charge in [0.1, 0.15) is 18.0 Å². The molecule has 1 aromatic heterocycles. The third-order valence-corrected chi connectivity index (χ3v) is 5.04. The highest BCUT2D eigenvalue weighted by Gasteiger charge is 2.28. The smallest absolute Gasteiger partial charge is 0.244 e. The van der Waals surface area contributed by atoms with E-state index < -0.39 is 11.7 Å². The van der Waals surface area contributed by atoms with Crippen molar-refractivity contribution in [3.63, 3.8) is 0 Å². The normalized spacial score (nSPS) is 13.3. The van der Waals surface area contributed by atoms with E-state index >= 15 is 0 Å².